The Hall–Kier alpha value is -3.59. The second-order valence-electron chi connectivity index (χ2n) is 8.20. The molecular formula is C23H24FN7O. The highest BCUT2D eigenvalue weighted by atomic mass is 19.1. The Kier molecular flexibility index (Phi) is 4.97. The normalized spacial score (nSPS) is 16.7. The molecule has 1 saturated heterocycles. The van der Waals surface area contributed by atoms with Crippen LogP contribution in [0.3, 0.4) is 0 Å². The van der Waals surface area contributed by atoms with Gasteiger partial charge in [-0.1, -0.05) is 0 Å². The molecule has 1 unspecified atom stereocenters. The predicted octanol–water partition coefficient (Wildman–Crippen LogP) is 3.28. The van der Waals surface area contributed by atoms with Gasteiger partial charge in [0.1, 0.15) is 17.3 Å². The lowest BCUT2D eigenvalue weighted by molar-refractivity contribution is -0.119. The molecule has 1 aliphatic heterocycles. The summed E-state index contributed by atoms with van der Waals surface area (Å²) < 4.78 is 17.0. The van der Waals surface area contributed by atoms with E-state index in [9.17, 15) is 9.18 Å². The summed E-state index contributed by atoms with van der Waals surface area (Å²) in [6, 6.07) is 9.88. The molecule has 0 radical (unpaired) electrons. The van der Waals surface area contributed by atoms with Crippen LogP contribution in [0.4, 0.5) is 10.2 Å². The second-order valence-corrected chi connectivity index (χ2v) is 8.20. The van der Waals surface area contributed by atoms with Crippen LogP contribution in [0.25, 0.3) is 28.3 Å². The molecule has 4 aromatic rings. The van der Waals surface area contributed by atoms with Crippen LogP contribution in [0.15, 0.2) is 42.6 Å². The largest absolute Gasteiger partial charge is 0.330 e. The Morgan fingerprint density at radius 1 is 1.12 bits per heavy atom. The molecule has 1 fully saturated rings. The third-order valence-corrected chi connectivity index (χ3v) is 6.07. The van der Waals surface area contributed by atoms with E-state index in [1.54, 1.807) is 22.8 Å². The van der Waals surface area contributed by atoms with Gasteiger partial charge in [0.05, 0.1) is 23.6 Å². The summed E-state index contributed by atoms with van der Waals surface area (Å²) >= 11 is 0. The van der Waals surface area contributed by atoms with Crippen molar-refractivity contribution < 1.29 is 9.18 Å². The van der Waals surface area contributed by atoms with Crippen LogP contribution in [0.5, 0.6) is 0 Å². The predicted molar refractivity (Wildman–Crippen MR) is 120 cm³/mol. The van der Waals surface area contributed by atoms with Gasteiger partial charge in [-0.3, -0.25) is 9.69 Å². The number of aromatic nitrogens is 5. The molecule has 0 aliphatic carbocycles. The lowest BCUT2D eigenvalue weighted by Crippen LogP contribution is -2.37. The first-order valence-electron chi connectivity index (χ1n) is 10.6. The summed E-state index contributed by atoms with van der Waals surface area (Å²) in [4.78, 5) is 23.8. The minimum absolute atomic E-state index is 0.0468. The number of imidazole rings is 2. The fourth-order valence-corrected chi connectivity index (χ4v) is 4.23. The van der Waals surface area contributed by atoms with Gasteiger partial charge in [0.25, 0.3) is 0 Å². The SMILES string of the molecule is Cc1nc(-c2ccc(F)cc2)c(-c2ccc3nc(NC(=O)C4CCCN4C)cn3n2)n1C. The average molecular weight is 433 g/mol. The highest BCUT2D eigenvalue weighted by molar-refractivity contribution is 5.94. The number of carbonyl (C=O) groups is 1. The number of carbonyl (C=O) groups excluding carboxylic acids is 1. The van der Waals surface area contributed by atoms with E-state index in [0.717, 1.165) is 42.2 Å². The van der Waals surface area contributed by atoms with Crippen molar-refractivity contribution in [1.29, 1.82) is 0 Å². The fraction of sp³-hybridized carbons (Fsp3) is 0.304. The summed E-state index contributed by atoms with van der Waals surface area (Å²) in [5.74, 6) is 0.953. The minimum atomic E-state index is -0.292. The Labute approximate surface area is 184 Å². The number of hydrogen-bond donors (Lipinski definition) is 1. The van der Waals surface area contributed by atoms with E-state index in [1.165, 1.54) is 12.1 Å². The first-order valence-corrected chi connectivity index (χ1v) is 10.6. The summed E-state index contributed by atoms with van der Waals surface area (Å²) in [5, 5.41) is 7.64. The third kappa shape index (κ3) is 3.54. The molecule has 5 rings (SSSR count). The van der Waals surface area contributed by atoms with Gasteiger partial charge in [-0.05, 0) is 69.8 Å². The molecule has 1 amide bonds. The molecule has 1 aliphatic rings. The molecule has 9 heteroatoms. The minimum Gasteiger partial charge on any atom is -0.330 e. The van der Waals surface area contributed by atoms with Crippen molar-refractivity contribution in [3.05, 3.63) is 54.2 Å². The Bertz CT molecular complexity index is 1310. The van der Waals surface area contributed by atoms with Gasteiger partial charge in [-0.2, -0.15) is 5.10 Å². The molecular weight excluding hydrogens is 409 g/mol. The van der Waals surface area contributed by atoms with E-state index in [-0.39, 0.29) is 17.8 Å². The number of likely N-dealkylation sites (tertiary alicyclic amines) is 1. The van der Waals surface area contributed by atoms with Crippen molar-refractivity contribution in [2.75, 3.05) is 18.9 Å². The molecule has 164 valence electrons. The first-order chi connectivity index (χ1) is 15.4. The Balaban J connectivity index is 1.49. The molecule has 4 heterocycles. The smallest absolute Gasteiger partial charge is 0.242 e. The zero-order valence-electron chi connectivity index (χ0n) is 18.2. The molecule has 8 nitrogen and oxygen atoms in total. The van der Waals surface area contributed by atoms with Crippen molar-refractivity contribution in [2.24, 2.45) is 7.05 Å². The van der Waals surface area contributed by atoms with Gasteiger partial charge in [0.2, 0.25) is 5.91 Å². The van der Waals surface area contributed by atoms with E-state index >= 15 is 0 Å². The number of likely N-dealkylation sites (N-methyl/N-ethyl adjacent to an activating group) is 1. The van der Waals surface area contributed by atoms with E-state index in [0.29, 0.717) is 17.2 Å². The lowest BCUT2D eigenvalue weighted by Gasteiger charge is -2.17. The third-order valence-electron chi connectivity index (χ3n) is 6.07. The molecule has 1 atom stereocenters. The highest BCUT2D eigenvalue weighted by Crippen LogP contribution is 2.31. The van der Waals surface area contributed by atoms with Crippen LogP contribution < -0.4 is 5.32 Å². The standard InChI is InChI=1S/C23H24FN7O/c1-14-25-21(15-6-8-16(24)9-7-15)22(30(14)3)17-10-11-20-26-19(13-31(20)28-17)27-23(32)18-5-4-12-29(18)2/h6-11,13,18H,4-5,12H2,1-3H3,(H,27,32). The van der Waals surface area contributed by atoms with Crippen LogP contribution >= 0.6 is 0 Å². The number of amides is 1. The van der Waals surface area contributed by atoms with Crippen molar-refractivity contribution in [2.45, 2.75) is 25.8 Å². The number of fused-ring (bicyclic) bond motifs is 1. The Morgan fingerprint density at radius 3 is 2.62 bits per heavy atom. The maximum absolute atomic E-state index is 13.4. The van der Waals surface area contributed by atoms with Crippen LogP contribution in [0, 0.1) is 12.7 Å². The van der Waals surface area contributed by atoms with Crippen LogP contribution in [-0.2, 0) is 11.8 Å². The summed E-state index contributed by atoms with van der Waals surface area (Å²) in [5.41, 5.74) is 3.70. The van der Waals surface area contributed by atoms with Crippen molar-refractivity contribution in [3.8, 4) is 22.6 Å². The number of rotatable bonds is 4. The molecule has 0 bridgehead atoms. The van der Waals surface area contributed by atoms with Crippen LogP contribution in [-0.4, -0.2) is 54.6 Å². The maximum atomic E-state index is 13.4. The molecule has 3 aromatic heterocycles. The van der Waals surface area contributed by atoms with E-state index in [4.69, 9.17) is 5.10 Å². The van der Waals surface area contributed by atoms with E-state index < -0.39 is 0 Å². The molecule has 0 saturated carbocycles. The Morgan fingerprint density at radius 2 is 1.91 bits per heavy atom. The van der Waals surface area contributed by atoms with E-state index in [2.05, 4.69) is 20.2 Å². The highest BCUT2D eigenvalue weighted by Gasteiger charge is 2.28. The summed E-state index contributed by atoms with van der Waals surface area (Å²) in [6.07, 6.45) is 3.59. The molecule has 0 spiro atoms. The van der Waals surface area contributed by atoms with Gasteiger partial charge < -0.3 is 9.88 Å². The number of halogens is 1. The van der Waals surface area contributed by atoms with Gasteiger partial charge in [-0.15, -0.1) is 0 Å². The van der Waals surface area contributed by atoms with Crippen molar-refractivity contribution in [1.82, 2.24) is 29.0 Å². The van der Waals surface area contributed by atoms with Gasteiger partial charge in [0.15, 0.2) is 11.5 Å². The van der Waals surface area contributed by atoms with Crippen LogP contribution in [0.1, 0.15) is 18.7 Å². The summed E-state index contributed by atoms with van der Waals surface area (Å²) in [7, 11) is 3.89. The van der Waals surface area contributed by atoms with Gasteiger partial charge in [0, 0.05) is 12.6 Å². The molecule has 1 aromatic carbocycles. The van der Waals surface area contributed by atoms with Gasteiger partial charge >= 0.3 is 0 Å². The lowest BCUT2D eigenvalue weighted by atomic mass is 10.1. The zero-order chi connectivity index (χ0) is 22.4. The van der Waals surface area contributed by atoms with Gasteiger partial charge in [-0.25, -0.2) is 18.9 Å². The average Bonchev–Trinajstić information content (AvgIpc) is 3.45. The van der Waals surface area contributed by atoms with Crippen molar-refractivity contribution in [3.63, 3.8) is 0 Å². The molecule has 32 heavy (non-hydrogen) atoms. The quantitative estimate of drug-likeness (QED) is 0.534. The zero-order valence-corrected chi connectivity index (χ0v) is 18.2. The van der Waals surface area contributed by atoms with Crippen LogP contribution in [0.2, 0.25) is 0 Å². The first kappa shape index (κ1) is 20.3. The number of nitrogens with one attached hydrogen (secondary N) is 1. The summed E-state index contributed by atoms with van der Waals surface area (Å²) in [6.45, 7) is 2.84. The number of hydrogen-bond acceptors (Lipinski definition) is 5. The van der Waals surface area contributed by atoms with E-state index in [1.807, 2.05) is 37.7 Å². The number of anilines is 1. The number of aryl methyl sites for hydroxylation is 1. The number of nitrogens with zero attached hydrogens (tertiary/aromatic N) is 6. The van der Waals surface area contributed by atoms with Crippen molar-refractivity contribution >= 4 is 17.4 Å². The maximum Gasteiger partial charge on any atom is 0.242 e. The molecule has 1 N–H and O–H groups in total. The fourth-order valence-electron chi connectivity index (χ4n) is 4.23. The second kappa shape index (κ2) is 7.83. The topological polar surface area (TPSA) is 80.3 Å². The monoisotopic (exact) mass is 433 g/mol. The number of benzene rings is 1.